The van der Waals surface area contributed by atoms with Crippen molar-refractivity contribution in [2.45, 2.75) is 12.5 Å². The first-order valence-electron chi connectivity index (χ1n) is 6.28. The van der Waals surface area contributed by atoms with E-state index in [2.05, 4.69) is 57.6 Å². The van der Waals surface area contributed by atoms with Gasteiger partial charge in [-0.25, -0.2) is 0 Å². The van der Waals surface area contributed by atoms with Crippen molar-refractivity contribution in [2.24, 2.45) is 0 Å². The van der Waals surface area contributed by atoms with E-state index in [1.54, 1.807) is 6.20 Å². The van der Waals surface area contributed by atoms with Crippen molar-refractivity contribution < 1.29 is 9.32 Å². The Morgan fingerprint density at radius 2 is 2.24 bits per heavy atom. The molecule has 3 rings (SSSR count). The summed E-state index contributed by atoms with van der Waals surface area (Å²) in [5, 5.41) is 9.82. The van der Waals surface area contributed by atoms with Gasteiger partial charge in [-0.1, -0.05) is 5.16 Å². The number of halogens is 2. The van der Waals surface area contributed by atoms with Crippen molar-refractivity contribution in [2.75, 3.05) is 13.1 Å². The molecule has 21 heavy (non-hydrogen) atoms. The maximum atomic E-state index is 11.7. The lowest BCUT2D eigenvalue weighted by Crippen LogP contribution is -2.53. The Balaban J connectivity index is 1.78. The van der Waals surface area contributed by atoms with Crippen LogP contribution in [0, 0.1) is 0 Å². The average molecular weight is 417 g/mol. The Morgan fingerprint density at radius 3 is 3.00 bits per heavy atom. The molecule has 9 heteroatoms. The molecule has 2 aromatic heterocycles. The number of aromatic nitrogens is 3. The lowest BCUT2D eigenvalue weighted by molar-refractivity contribution is -0.124. The standard InChI is InChI=1S/C12H11Br2N5O2/c13-6-3-7(14)10(17-5-6)11-18-9(21-19-11)4-8-12(20)16-2-1-15-8/h3,5,8,15H,1-2,4H2,(H,16,20). The first-order valence-corrected chi connectivity index (χ1v) is 7.87. The van der Waals surface area contributed by atoms with Gasteiger partial charge in [-0.05, 0) is 37.9 Å². The maximum Gasteiger partial charge on any atom is 0.237 e. The molecule has 3 heterocycles. The summed E-state index contributed by atoms with van der Waals surface area (Å²) in [6.45, 7) is 1.37. The quantitative estimate of drug-likeness (QED) is 0.783. The summed E-state index contributed by atoms with van der Waals surface area (Å²) in [5.74, 6) is 0.737. The van der Waals surface area contributed by atoms with Gasteiger partial charge in [-0.3, -0.25) is 9.78 Å². The largest absolute Gasteiger partial charge is 0.353 e. The number of rotatable bonds is 3. The molecule has 0 aromatic carbocycles. The number of carbonyl (C=O) groups is 1. The van der Waals surface area contributed by atoms with Gasteiger partial charge in [-0.2, -0.15) is 4.98 Å². The van der Waals surface area contributed by atoms with Crippen LogP contribution in [0.25, 0.3) is 11.5 Å². The van der Waals surface area contributed by atoms with Gasteiger partial charge in [0.15, 0.2) is 0 Å². The van der Waals surface area contributed by atoms with Crippen molar-refractivity contribution >= 4 is 37.8 Å². The van der Waals surface area contributed by atoms with Crippen molar-refractivity contribution in [3.05, 3.63) is 27.1 Å². The number of piperazine rings is 1. The van der Waals surface area contributed by atoms with Gasteiger partial charge in [0, 0.05) is 28.2 Å². The van der Waals surface area contributed by atoms with Crippen LogP contribution in [0.1, 0.15) is 5.89 Å². The lowest BCUT2D eigenvalue weighted by Gasteiger charge is -2.21. The van der Waals surface area contributed by atoms with E-state index in [0.29, 0.717) is 30.4 Å². The topological polar surface area (TPSA) is 92.9 Å². The fourth-order valence-corrected chi connectivity index (χ4v) is 3.17. The molecule has 2 aromatic rings. The van der Waals surface area contributed by atoms with E-state index >= 15 is 0 Å². The maximum absolute atomic E-state index is 11.7. The Morgan fingerprint density at radius 1 is 1.38 bits per heavy atom. The minimum Gasteiger partial charge on any atom is -0.353 e. The van der Waals surface area contributed by atoms with Crippen LogP contribution in [0.15, 0.2) is 25.7 Å². The number of carbonyl (C=O) groups excluding carboxylic acids is 1. The molecule has 1 unspecified atom stereocenters. The van der Waals surface area contributed by atoms with E-state index in [1.165, 1.54) is 0 Å². The van der Waals surface area contributed by atoms with E-state index in [9.17, 15) is 4.79 Å². The van der Waals surface area contributed by atoms with Crippen LogP contribution in [0.3, 0.4) is 0 Å². The van der Waals surface area contributed by atoms with Crippen molar-refractivity contribution in [1.29, 1.82) is 0 Å². The van der Waals surface area contributed by atoms with Crippen LogP contribution in [0.5, 0.6) is 0 Å². The number of pyridine rings is 1. The molecule has 0 saturated carbocycles. The third kappa shape index (κ3) is 3.30. The highest BCUT2D eigenvalue weighted by Crippen LogP contribution is 2.26. The van der Waals surface area contributed by atoms with Crippen molar-refractivity contribution in [3.63, 3.8) is 0 Å². The van der Waals surface area contributed by atoms with E-state index in [4.69, 9.17) is 4.52 Å². The predicted octanol–water partition coefficient (Wildman–Crippen LogP) is 1.29. The zero-order valence-electron chi connectivity index (χ0n) is 10.8. The third-order valence-corrected chi connectivity index (χ3v) is 4.04. The van der Waals surface area contributed by atoms with Crippen LogP contribution in [0.2, 0.25) is 0 Å². The Bertz CT molecular complexity index is 675. The summed E-state index contributed by atoms with van der Waals surface area (Å²) in [6, 6.07) is 1.52. The predicted molar refractivity (Wildman–Crippen MR) is 81.4 cm³/mol. The Labute approximate surface area is 137 Å². The van der Waals surface area contributed by atoms with Gasteiger partial charge in [0.05, 0.1) is 12.5 Å². The zero-order valence-corrected chi connectivity index (χ0v) is 13.9. The zero-order chi connectivity index (χ0) is 14.8. The van der Waals surface area contributed by atoms with Gasteiger partial charge >= 0.3 is 0 Å². The second kappa shape index (κ2) is 6.20. The van der Waals surface area contributed by atoms with Crippen molar-refractivity contribution in [1.82, 2.24) is 25.8 Å². The molecule has 0 aliphatic carbocycles. The smallest absolute Gasteiger partial charge is 0.237 e. The summed E-state index contributed by atoms with van der Waals surface area (Å²) in [7, 11) is 0. The highest BCUT2D eigenvalue weighted by atomic mass is 79.9. The SMILES string of the molecule is O=C1NCCNC1Cc1nc(-c2ncc(Br)cc2Br)no1. The molecule has 2 N–H and O–H groups in total. The number of hydrogen-bond donors (Lipinski definition) is 2. The van der Waals surface area contributed by atoms with Crippen molar-refractivity contribution in [3.8, 4) is 11.5 Å². The summed E-state index contributed by atoms with van der Waals surface area (Å²) in [6.07, 6.45) is 2.01. The van der Waals surface area contributed by atoms with Gasteiger partial charge in [0.2, 0.25) is 17.6 Å². The first kappa shape index (κ1) is 14.6. The number of nitrogens with one attached hydrogen (secondary N) is 2. The minimum atomic E-state index is -0.339. The van der Waals surface area contributed by atoms with E-state index in [0.717, 1.165) is 15.5 Å². The molecule has 1 atom stereocenters. The van der Waals surface area contributed by atoms with Gasteiger partial charge < -0.3 is 15.2 Å². The normalized spacial score (nSPS) is 18.6. The van der Waals surface area contributed by atoms with Crippen LogP contribution in [-0.2, 0) is 11.2 Å². The molecule has 110 valence electrons. The fourth-order valence-electron chi connectivity index (χ4n) is 2.00. The number of nitrogens with zero attached hydrogens (tertiary/aromatic N) is 3. The van der Waals surface area contributed by atoms with Crippen LogP contribution >= 0.6 is 31.9 Å². The molecule has 1 saturated heterocycles. The first-order chi connectivity index (χ1) is 10.1. The van der Waals surface area contributed by atoms with Gasteiger partial charge in [0.1, 0.15) is 5.69 Å². The van der Waals surface area contributed by atoms with Crippen LogP contribution in [0.4, 0.5) is 0 Å². The molecule has 1 fully saturated rings. The summed E-state index contributed by atoms with van der Waals surface area (Å²) in [4.78, 5) is 20.2. The van der Waals surface area contributed by atoms with E-state index in [1.807, 2.05) is 6.07 Å². The molecule has 0 spiro atoms. The lowest BCUT2D eigenvalue weighted by atomic mass is 10.1. The highest BCUT2D eigenvalue weighted by Gasteiger charge is 2.24. The van der Waals surface area contributed by atoms with E-state index in [-0.39, 0.29) is 11.9 Å². The fraction of sp³-hybridized carbons (Fsp3) is 0.333. The summed E-state index contributed by atoms with van der Waals surface area (Å²) < 4.78 is 6.82. The molecule has 1 aliphatic heterocycles. The number of hydrogen-bond acceptors (Lipinski definition) is 6. The second-order valence-corrected chi connectivity index (χ2v) is 6.27. The molecule has 7 nitrogen and oxygen atoms in total. The molecular formula is C12H11Br2N5O2. The Kier molecular flexibility index (Phi) is 4.32. The Hall–Kier alpha value is -1.32. The molecule has 0 radical (unpaired) electrons. The summed E-state index contributed by atoms with van der Waals surface area (Å²) >= 11 is 6.75. The molecule has 1 amide bonds. The molecular weight excluding hydrogens is 406 g/mol. The highest BCUT2D eigenvalue weighted by molar-refractivity contribution is 9.11. The molecule has 1 aliphatic rings. The number of amides is 1. The third-order valence-electron chi connectivity index (χ3n) is 3.00. The molecule has 0 bridgehead atoms. The average Bonchev–Trinajstić information content (AvgIpc) is 2.90. The minimum absolute atomic E-state index is 0.0519. The summed E-state index contributed by atoms with van der Waals surface area (Å²) in [5.41, 5.74) is 0.592. The second-order valence-electron chi connectivity index (χ2n) is 4.50. The monoisotopic (exact) mass is 415 g/mol. The van der Waals surface area contributed by atoms with E-state index < -0.39 is 0 Å². The van der Waals surface area contributed by atoms with Gasteiger partial charge in [0.25, 0.3) is 0 Å². The van der Waals surface area contributed by atoms with Crippen LogP contribution < -0.4 is 10.6 Å². The van der Waals surface area contributed by atoms with Gasteiger partial charge in [-0.15, -0.1) is 0 Å². The van der Waals surface area contributed by atoms with Crippen LogP contribution in [-0.4, -0.2) is 40.2 Å².